The summed E-state index contributed by atoms with van der Waals surface area (Å²) in [6, 6.07) is 5.57. The predicted octanol–water partition coefficient (Wildman–Crippen LogP) is 2.97. The summed E-state index contributed by atoms with van der Waals surface area (Å²) in [6.07, 6.45) is 0.440. The van der Waals surface area contributed by atoms with E-state index in [-0.39, 0.29) is 12.3 Å². The van der Waals surface area contributed by atoms with Gasteiger partial charge in [-0.2, -0.15) is 0 Å². The molecule has 0 atom stereocenters. The molecule has 0 unspecified atom stereocenters. The molecular formula is C14H18INO3. The van der Waals surface area contributed by atoms with Gasteiger partial charge in [0.05, 0.1) is 0 Å². The normalized spacial score (nSPS) is 11.2. The van der Waals surface area contributed by atoms with Crippen molar-refractivity contribution in [2.24, 2.45) is 0 Å². The zero-order chi connectivity index (χ0) is 14.6. The third-order valence-corrected chi connectivity index (χ3v) is 4.10. The summed E-state index contributed by atoms with van der Waals surface area (Å²) in [6.45, 7) is 5.56. The minimum Gasteiger partial charge on any atom is -0.481 e. The zero-order valence-electron chi connectivity index (χ0n) is 11.3. The second-order valence-electron chi connectivity index (χ2n) is 5.14. The summed E-state index contributed by atoms with van der Waals surface area (Å²) >= 11 is 2.19. The van der Waals surface area contributed by atoms with E-state index >= 15 is 0 Å². The average Bonchev–Trinajstić information content (AvgIpc) is 2.29. The van der Waals surface area contributed by atoms with Crippen LogP contribution in [0.15, 0.2) is 18.2 Å². The van der Waals surface area contributed by atoms with Crippen molar-refractivity contribution < 1.29 is 14.7 Å². The third-order valence-electron chi connectivity index (χ3n) is 2.93. The van der Waals surface area contributed by atoms with Gasteiger partial charge in [-0.25, -0.2) is 0 Å². The van der Waals surface area contributed by atoms with E-state index in [9.17, 15) is 9.59 Å². The van der Waals surface area contributed by atoms with Crippen LogP contribution in [0.1, 0.15) is 42.6 Å². The molecule has 19 heavy (non-hydrogen) atoms. The van der Waals surface area contributed by atoms with Gasteiger partial charge < -0.3 is 10.4 Å². The number of benzene rings is 1. The van der Waals surface area contributed by atoms with Gasteiger partial charge in [0.25, 0.3) is 5.91 Å². The highest BCUT2D eigenvalue weighted by Gasteiger charge is 2.23. The minimum absolute atomic E-state index is 0.0403. The predicted molar refractivity (Wildman–Crippen MR) is 82.3 cm³/mol. The molecule has 1 aromatic rings. The zero-order valence-corrected chi connectivity index (χ0v) is 13.4. The fourth-order valence-corrected chi connectivity index (χ4v) is 2.21. The summed E-state index contributed by atoms with van der Waals surface area (Å²) in [7, 11) is 0. The van der Waals surface area contributed by atoms with Crippen molar-refractivity contribution in [3.05, 3.63) is 32.9 Å². The molecule has 4 nitrogen and oxygen atoms in total. The molecule has 5 heteroatoms. The standard InChI is InChI=1S/C14H18INO3/c1-9-10(5-4-6-11(9)15)13(19)16-14(2,3)8-7-12(17)18/h4-6H,7-8H2,1-3H3,(H,16,19)(H,17,18). The lowest BCUT2D eigenvalue weighted by Crippen LogP contribution is -2.44. The molecule has 1 amide bonds. The molecule has 0 bridgehead atoms. The van der Waals surface area contributed by atoms with Crippen LogP contribution in [-0.4, -0.2) is 22.5 Å². The van der Waals surface area contributed by atoms with E-state index in [1.807, 2.05) is 32.9 Å². The van der Waals surface area contributed by atoms with Gasteiger partial charge in [-0.1, -0.05) is 6.07 Å². The maximum atomic E-state index is 12.2. The van der Waals surface area contributed by atoms with Gasteiger partial charge >= 0.3 is 5.97 Å². The Labute approximate surface area is 126 Å². The monoisotopic (exact) mass is 375 g/mol. The van der Waals surface area contributed by atoms with Crippen LogP contribution in [0, 0.1) is 10.5 Å². The number of carboxylic acids is 1. The van der Waals surface area contributed by atoms with E-state index in [1.165, 1.54) is 0 Å². The molecular weight excluding hydrogens is 357 g/mol. The first kappa shape index (κ1) is 15.9. The van der Waals surface area contributed by atoms with Gasteiger partial charge in [0.1, 0.15) is 0 Å². The molecule has 0 heterocycles. The summed E-state index contributed by atoms with van der Waals surface area (Å²) in [5.41, 5.74) is 1.04. The highest BCUT2D eigenvalue weighted by molar-refractivity contribution is 14.1. The molecule has 0 aliphatic carbocycles. The molecule has 1 aromatic carbocycles. The maximum Gasteiger partial charge on any atom is 0.303 e. The Morgan fingerprint density at radius 3 is 2.58 bits per heavy atom. The maximum absolute atomic E-state index is 12.2. The van der Waals surface area contributed by atoms with Crippen molar-refractivity contribution in [2.45, 2.75) is 39.2 Å². The van der Waals surface area contributed by atoms with Gasteiger partial charge in [-0.15, -0.1) is 0 Å². The van der Waals surface area contributed by atoms with E-state index in [4.69, 9.17) is 5.11 Å². The first-order valence-electron chi connectivity index (χ1n) is 6.02. The number of carbonyl (C=O) groups excluding carboxylic acids is 1. The van der Waals surface area contributed by atoms with Crippen LogP contribution in [0.4, 0.5) is 0 Å². The molecule has 0 radical (unpaired) electrons. The van der Waals surface area contributed by atoms with E-state index < -0.39 is 11.5 Å². The van der Waals surface area contributed by atoms with E-state index in [1.54, 1.807) is 6.07 Å². The first-order chi connectivity index (χ1) is 8.73. The lowest BCUT2D eigenvalue weighted by molar-refractivity contribution is -0.137. The SMILES string of the molecule is Cc1c(I)cccc1C(=O)NC(C)(C)CCC(=O)O. The highest BCUT2D eigenvalue weighted by atomic mass is 127. The fraction of sp³-hybridized carbons (Fsp3) is 0.429. The minimum atomic E-state index is -0.854. The number of hydrogen-bond donors (Lipinski definition) is 2. The Morgan fingerprint density at radius 1 is 1.37 bits per heavy atom. The summed E-state index contributed by atoms with van der Waals surface area (Å²) in [5.74, 6) is -1.01. The van der Waals surface area contributed by atoms with Crippen LogP contribution in [0.3, 0.4) is 0 Å². The lowest BCUT2D eigenvalue weighted by Gasteiger charge is -2.26. The Hall–Kier alpha value is -1.11. The Balaban J connectivity index is 2.79. The molecule has 104 valence electrons. The second-order valence-corrected chi connectivity index (χ2v) is 6.31. The van der Waals surface area contributed by atoms with Gasteiger partial charge in [0.2, 0.25) is 0 Å². The van der Waals surface area contributed by atoms with Crippen molar-refractivity contribution in [2.75, 3.05) is 0 Å². The second kappa shape index (κ2) is 6.36. The number of hydrogen-bond acceptors (Lipinski definition) is 2. The molecule has 0 saturated carbocycles. The summed E-state index contributed by atoms with van der Waals surface area (Å²) in [5, 5.41) is 11.6. The molecule has 0 aliphatic heterocycles. The van der Waals surface area contributed by atoms with Gasteiger partial charge in [-0.3, -0.25) is 9.59 Å². The Kier molecular flexibility index (Phi) is 5.34. The smallest absolute Gasteiger partial charge is 0.303 e. The number of aliphatic carboxylic acids is 1. The molecule has 0 saturated heterocycles. The van der Waals surface area contributed by atoms with Crippen molar-refractivity contribution in [3.8, 4) is 0 Å². The van der Waals surface area contributed by atoms with Crippen LogP contribution in [-0.2, 0) is 4.79 Å². The van der Waals surface area contributed by atoms with Crippen LogP contribution in [0.2, 0.25) is 0 Å². The van der Waals surface area contributed by atoms with Gasteiger partial charge in [-0.05, 0) is 67.5 Å². The summed E-state index contributed by atoms with van der Waals surface area (Å²) < 4.78 is 1.04. The van der Waals surface area contributed by atoms with E-state index in [0.717, 1.165) is 9.13 Å². The van der Waals surface area contributed by atoms with Gasteiger partial charge in [0, 0.05) is 21.1 Å². The lowest BCUT2D eigenvalue weighted by atomic mass is 9.97. The van der Waals surface area contributed by atoms with E-state index in [0.29, 0.717) is 12.0 Å². The van der Waals surface area contributed by atoms with E-state index in [2.05, 4.69) is 27.9 Å². The third kappa shape index (κ3) is 4.81. The molecule has 0 fully saturated rings. The van der Waals surface area contributed by atoms with Crippen LogP contribution < -0.4 is 5.32 Å². The molecule has 2 N–H and O–H groups in total. The molecule has 0 spiro atoms. The van der Waals surface area contributed by atoms with Crippen LogP contribution in [0.5, 0.6) is 0 Å². The molecule has 0 aliphatic rings. The first-order valence-corrected chi connectivity index (χ1v) is 7.10. The van der Waals surface area contributed by atoms with Crippen LogP contribution in [0.25, 0.3) is 0 Å². The largest absolute Gasteiger partial charge is 0.481 e. The number of nitrogens with one attached hydrogen (secondary N) is 1. The quantitative estimate of drug-likeness (QED) is 0.778. The fourth-order valence-electron chi connectivity index (χ4n) is 1.71. The summed E-state index contributed by atoms with van der Waals surface area (Å²) in [4.78, 5) is 22.8. The Bertz CT molecular complexity index is 497. The number of rotatable bonds is 5. The number of carbonyl (C=O) groups is 2. The van der Waals surface area contributed by atoms with Crippen molar-refractivity contribution >= 4 is 34.5 Å². The van der Waals surface area contributed by atoms with Crippen molar-refractivity contribution in [1.29, 1.82) is 0 Å². The number of halogens is 1. The topological polar surface area (TPSA) is 66.4 Å². The number of amides is 1. The van der Waals surface area contributed by atoms with Crippen LogP contribution >= 0.6 is 22.6 Å². The van der Waals surface area contributed by atoms with Gasteiger partial charge in [0.15, 0.2) is 0 Å². The Morgan fingerprint density at radius 2 is 2.00 bits per heavy atom. The highest BCUT2D eigenvalue weighted by Crippen LogP contribution is 2.18. The number of carboxylic acid groups (broad SMARTS) is 1. The molecule has 1 rings (SSSR count). The average molecular weight is 375 g/mol. The molecule has 0 aromatic heterocycles. The van der Waals surface area contributed by atoms with Crippen molar-refractivity contribution in [1.82, 2.24) is 5.32 Å². The van der Waals surface area contributed by atoms with Crippen molar-refractivity contribution in [3.63, 3.8) is 0 Å².